The van der Waals surface area contributed by atoms with Gasteiger partial charge in [-0.2, -0.15) is 0 Å². The maximum Gasteiger partial charge on any atom is 0.241 e. The van der Waals surface area contributed by atoms with Crippen LogP contribution in [-0.4, -0.2) is 15.5 Å². The second-order valence-electron chi connectivity index (χ2n) is 3.68. The van der Waals surface area contributed by atoms with Crippen molar-refractivity contribution in [1.82, 2.24) is 0 Å². The first-order valence-corrected chi connectivity index (χ1v) is 6.68. The van der Waals surface area contributed by atoms with Crippen LogP contribution in [-0.2, 0) is 13.8 Å². The van der Waals surface area contributed by atoms with Crippen molar-refractivity contribution >= 4 is 19.7 Å². The van der Waals surface area contributed by atoms with E-state index in [0.29, 0.717) is 11.3 Å². The number of methoxy groups -OCH3 is 1. The summed E-state index contributed by atoms with van der Waals surface area (Å²) in [5, 5.41) is 0. The SMILES string of the molecule is COc1ccc(C(C)(C)S(=O)(=O)Cl)cc1. The molecule has 1 aromatic carbocycles. The first-order valence-electron chi connectivity index (χ1n) is 4.38. The maximum atomic E-state index is 11.3. The highest BCUT2D eigenvalue weighted by atomic mass is 35.7. The molecule has 0 saturated carbocycles. The van der Waals surface area contributed by atoms with Crippen molar-refractivity contribution in [1.29, 1.82) is 0 Å². The molecule has 0 N–H and O–H groups in total. The van der Waals surface area contributed by atoms with Crippen LogP contribution in [0.15, 0.2) is 24.3 Å². The Morgan fingerprint density at radius 3 is 2.00 bits per heavy atom. The predicted octanol–water partition coefficient (Wildman–Crippen LogP) is 2.50. The monoisotopic (exact) mass is 248 g/mol. The fourth-order valence-corrected chi connectivity index (χ4v) is 1.82. The number of hydrogen-bond acceptors (Lipinski definition) is 3. The summed E-state index contributed by atoms with van der Waals surface area (Å²) in [6.45, 7) is 3.13. The van der Waals surface area contributed by atoms with E-state index in [2.05, 4.69) is 0 Å². The van der Waals surface area contributed by atoms with Gasteiger partial charge in [-0.3, -0.25) is 0 Å². The van der Waals surface area contributed by atoms with E-state index in [1.54, 1.807) is 45.2 Å². The number of rotatable bonds is 3. The topological polar surface area (TPSA) is 43.4 Å². The molecule has 0 aliphatic carbocycles. The summed E-state index contributed by atoms with van der Waals surface area (Å²) in [7, 11) is 3.28. The lowest BCUT2D eigenvalue weighted by atomic mass is 10.0. The van der Waals surface area contributed by atoms with Gasteiger partial charge in [-0.15, -0.1) is 0 Å². The molecule has 0 aliphatic heterocycles. The number of ether oxygens (including phenoxy) is 1. The second kappa shape index (κ2) is 4.02. The van der Waals surface area contributed by atoms with Gasteiger partial charge in [0.1, 0.15) is 10.5 Å². The molecule has 0 heterocycles. The minimum atomic E-state index is -3.64. The lowest BCUT2D eigenvalue weighted by Crippen LogP contribution is -2.24. The third-order valence-electron chi connectivity index (χ3n) is 2.39. The standard InChI is InChI=1S/C10H13ClO3S/c1-10(2,15(11,12)13)8-4-6-9(14-3)7-5-8/h4-7H,1-3H3. The molecular formula is C10H13ClO3S. The maximum absolute atomic E-state index is 11.3. The molecule has 5 heteroatoms. The number of hydrogen-bond donors (Lipinski definition) is 0. The summed E-state index contributed by atoms with van der Waals surface area (Å²) in [4.78, 5) is 0. The van der Waals surface area contributed by atoms with Crippen LogP contribution >= 0.6 is 10.7 Å². The van der Waals surface area contributed by atoms with E-state index < -0.39 is 13.8 Å². The van der Waals surface area contributed by atoms with E-state index in [0.717, 1.165) is 0 Å². The van der Waals surface area contributed by atoms with Crippen molar-refractivity contribution in [3.8, 4) is 5.75 Å². The van der Waals surface area contributed by atoms with Crippen LogP contribution in [0, 0.1) is 0 Å². The van der Waals surface area contributed by atoms with Crippen molar-refractivity contribution in [3.63, 3.8) is 0 Å². The summed E-state index contributed by atoms with van der Waals surface area (Å²) in [6, 6.07) is 6.80. The summed E-state index contributed by atoms with van der Waals surface area (Å²) < 4.78 is 26.6. The van der Waals surface area contributed by atoms with E-state index in [-0.39, 0.29) is 0 Å². The second-order valence-corrected chi connectivity index (χ2v) is 6.79. The molecule has 0 fully saturated rings. The van der Waals surface area contributed by atoms with Gasteiger partial charge in [0, 0.05) is 10.7 Å². The molecule has 0 aromatic heterocycles. The fourth-order valence-electron chi connectivity index (χ4n) is 1.13. The van der Waals surface area contributed by atoms with Gasteiger partial charge in [0.15, 0.2) is 0 Å². The van der Waals surface area contributed by atoms with Crippen molar-refractivity contribution in [3.05, 3.63) is 29.8 Å². The van der Waals surface area contributed by atoms with Gasteiger partial charge in [-0.05, 0) is 31.5 Å². The zero-order valence-corrected chi connectivity index (χ0v) is 10.4. The molecule has 84 valence electrons. The van der Waals surface area contributed by atoms with Crippen LogP contribution in [0.1, 0.15) is 19.4 Å². The Balaban J connectivity index is 3.17. The molecule has 0 aliphatic rings. The third kappa shape index (κ3) is 2.44. The lowest BCUT2D eigenvalue weighted by Gasteiger charge is -2.21. The Bertz CT molecular complexity index is 434. The van der Waals surface area contributed by atoms with Crippen molar-refractivity contribution in [2.45, 2.75) is 18.6 Å². The molecule has 0 radical (unpaired) electrons. The largest absolute Gasteiger partial charge is 0.497 e. The van der Waals surface area contributed by atoms with Crippen LogP contribution in [0.25, 0.3) is 0 Å². The smallest absolute Gasteiger partial charge is 0.241 e. The molecule has 0 spiro atoms. The summed E-state index contributed by atoms with van der Waals surface area (Å²) in [5.41, 5.74) is 0.637. The van der Waals surface area contributed by atoms with E-state index in [1.165, 1.54) is 0 Å². The molecule has 0 amide bonds. The minimum Gasteiger partial charge on any atom is -0.497 e. The van der Waals surface area contributed by atoms with Crippen LogP contribution < -0.4 is 4.74 Å². The number of halogens is 1. The van der Waals surface area contributed by atoms with E-state index >= 15 is 0 Å². The van der Waals surface area contributed by atoms with E-state index in [9.17, 15) is 8.42 Å². The molecule has 3 nitrogen and oxygen atoms in total. The van der Waals surface area contributed by atoms with Gasteiger partial charge >= 0.3 is 0 Å². The van der Waals surface area contributed by atoms with Gasteiger partial charge < -0.3 is 4.74 Å². The highest BCUT2D eigenvalue weighted by Crippen LogP contribution is 2.33. The zero-order chi connectivity index (χ0) is 11.7. The van der Waals surface area contributed by atoms with Gasteiger partial charge in [-0.25, -0.2) is 8.42 Å². The zero-order valence-electron chi connectivity index (χ0n) is 8.82. The highest BCUT2D eigenvalue weighted by molar-refractivity contribution is 8.14. The van der Waals surface area contributed by atoms with Crippen molar-refractivity contribution in [2.75, 3.05) is 7.11 Å². The van der Waals surface area contributed by atoms with Gasteiger partial charge in [0.2, 0.25) is 9.05 Å². The molecule has 1 aromatic rings. The van der Waals surface area contributed by atoms with Crippen LogP contribution in [0.4, 0.5) is 0 Å². The molecule has 0 bridgehead atoms. The van der Waals surface area contributed by atoms with Gasteiger partial charge in [0.05, 0.1) is 7.11 Å². The summed E-state index contributed by atoms with van der Waals surface area (Å²) in [6.07, 6.45) is 0. The Labute approximate surface area is 94.4 Å². The lowest BCUT2D eigenvalue weighted by molar-refractivity contribution is 0.414. The normalized spacial score (nSPS) is 12.5. The third-order valence-corrected chi connectivity index (χ3v) is 5.01. The summed E-state index contributed by atoms with van der Waals surface area (Å²) in [5.74, 6) is 0.682. The molecule has 0 atom stereocenters. The van der Waals surface area contributed by atoms with Crippen LogP contribution in [0.5, 0.6) is 5.75 Å². The first-order chi connectivity index (χ1) is 6.79. The first kappa shape index (κ1) is 12.3. The van der Waals surface area contributed by atoms with Gasteiger partial charge in [-0.1, -0.05) is 12.1 Å². The summed E-state index contributed by atoms with van der Waals surface area (Å²) >= 11 is 0. The highest BCUT2D eigenvalue weighted by Gasteiger charge is 2.34. The van der Waals surface area contributed by atoms with Crippen molar-refractivity contribution in [2.24, 2.45) is 0 Å². The quantitative estimate of drug-likeness (QED) is 0.772. The number of benzene rings is 1. The van der Waals surface area contributed by atoms with E-state index in [4.69, 9.17) is 15.4 Å². The molecule has 0 unspecified atom stereocenters. The van der Waals surface area contributed by atoms with E-state index in [1.807, 2.05) is 0 Å². The van der Waals surface area contributed by atoms with Gasteiger partial charge in [0.25, 0.3) is 0 Å². The Hall–Kier alpha value is -0.740. The average Bonchev–Trinajstić information content (AvgIpc) is 2.16. The molecule has 1 rings (SSSR count). The fraction of sp³-hybridized carbons (Fsp3) is 0.400. The Kier molecular flexibility index (Phi) is 3.31. The molecule has 15 heavy (non-hydrogen) atoms. The molecular weight excluding hydrogens is 236 g/mol. The Morgan fingerprint density at radius 2 is 1.67 bits per heavy atom. The minimum absolute atomic E-state index is 0.637. The van der Waals surface area contributed by atoms with Crippen LogP contribution in [0.2, 0.25) is 0 Å². The van der Waals surface area contributed by atoms with Crippen molar-refractivity contribution < 1.29 is 13.2 Å². The predicted molar refractivity (Wildman–Crippen MR) is 60.8 cm³/mol. The molecule has 0 saturated heterocycles. The average molecular weight is 249 g/mol. The van der Waals surface area contributed by atoms with Crippen LogP contribution in [0.3, 0.4) is 0 Å². The Morgan fingerprint density at radius 1 is 1.20 bits per heavy atom.